The second-order valence-electron chi connectivity index (χ2n) is 4.89. The number of hydrogen-bond donors (Lipinski definition) is 1. The molecule has 0 aromatic carbocycles. The van der Waals surface area contributed by atoms with Crippen LogP contribution >= 0.6 is 0 Å². The average molecular weight is 280 g/mol. The molecular formula is C14H20N2O4. The Morgan fingerprint density at radius 2 is 2.00 bits per heavy atom. The van der Waals surface area contributed by atoms with Crippen molar-refractivity contribution in [1.82, 2.24) is 4.98 Å². The molecule has 1 aliphatic rings. The third-order valence-electron chi connectivity index (χ3n) is 3.55. The Labute approximate surface area is 118 Å². The van der Waals surface area contributed by atoms with E-state index in [1.807, 2.05) is 0 Å². The molecule has 1 saturated carbocycles. The zero-order valence-corrected chi connectivity index (χ0v) is 11.8. The molecule has 0 aliphatic heterocycles. The van der Waals surface area contributed by atoms with Gasteiger partial charge in [-0.25, -0.2) is 4.98 Å². The number of nitrogens with two attached hydrogens (primary N) is 1. The van der Waals surface area contributed by atoms with Gasteiger partial charge in [0.05, 0.1) is 32.0 Å². The predicted octanol–water partition coefficient (Wildman–Crippen LogP) is 1.78. The summed E-state index contributed by atoms with van der Waals surface area (Å²) in [5.41, 5.74) is 6.18. The van der Waals surface area contributed by atoms with Gasteiger partial charge in [0.15, 0.2) is 5.75 Å². The van der Waals surface area contributed by atoms with Crippen LogP contribution in [0.4, 0.5) is 5.69 Å². The van der Waals surface area contributed by atoms with E-state index < -0.39 is 0 Å². The maximum atomic E-state index is 11.5. The topological polar surface area (TPSA) is 83.7 Å². The van der Waals surface area contributed by atoms with Crippen LogP contribution in [0.3, 0.4) is 0 Å². The largest absolute Gasteiger partial charge is 0.491 e. The summed E-state index contributed by atoms with van der Waals surface area (Å²) in [7, 11) is 2.98. The van der Waals surface area contributed by atoms with E-state index in [4.69, 9.17) is 19.9 Å². The van der Waals surface area contributed by atoms with Crippen molar-refractivity contribution in [2.75, 3.05) is 20.0 Å². The number of anilines is 1. The molecule has 2 N–H and O–H groups in total. The number of aromatic nitrogens is 1. The quantitative estimate of drug-likeness (QED) is 0.846. The van der Waals surface area contributed by atoms with Crippen LogP contribution in [0.15, 0.2) is 12.3 Å². The molecule has 1 aliphatic carbocycles. The highest BCUT2D eigenvalue weighted by Gasteiger charge is 2.28. The number of nitrogen functional groups attached to an aromatic ring is 1. The second kappa shape index (κ2) is 6.45. The van der Waals surface area contributed by atoms with Gasteiger partial charge in [-0.05, 0) is 25.7 Å². The fourth-order valence-corrected chi connectivity index (χ4v) is 2.42. The number of nitrogens with zero attached hydrogens (tertiary/aromatic N) is 1. The highest BCUT2D eigenvalue weighted by Crippen LogP contribution is 2.32. The summed E-state index contributed by atoms with van der Waals surface area (Å²) in [6.45, 7) is 0. The SMILES string of the molecule is COc1cc(N)cnc1O[C@H]1CC[C@@H](C(=O)OC)CC1. The Kier molecular flexibility index (Phi) is 4.65. The summed E-state index contributed by atoms with van der Waals surface area (Å²) in [6, 6.07) is 1.68. The standard InChI is InChI=1S/C14H20N2O4/c1-18-12-7-10(15)8-16-13(12)20-11-5-3-9(4-6-11)14(17)19-2/h7-9,11H,3-6,15H2,1-2H3/t9-,11+. The third-order valence-corrected chi connectivity index (χ3v) is 3.55. The lowest BCUT2D eigenvalue weighted by Gasteiger charge is -2.27. The van der Waals surface area contributed by atoms with E-state index in [1.165, 1.54) is 13.3 Å². The van der Waals surface area contributed by atoms with Gasteiger partial charge in [-0.3, -0.25) is 4.79 Å². The molecule has 0 radical (unpaired) electrons. The molecule has 0 amide bonds. The Bertz CT molecular complexity index is 470. The first-order valence-corrected chi connectivity index (χ1v) is 6.68. The maximum absolute atomic E-state index is 11.5. The van der Waals surface area contributed by atoms with Crippen LogP contribution < -0.4 is 15.2 Å². The van der Waals surface area contributed by atoms with Gasteiger partial charge in [0.25, 0.3) is 5.88 Å². The normalized spacial score (nSPS) is 22.1. The molecule has 0 unspecified atom stereocenters. The number of pyridine rings is 1. The smallest absolute Gasteiger partial charge is 0.308 e. The van der Waals surface area contributed by atoms with Crippen molar-refractivity contribution in [1.29, 1.82) is 0 Å². The van der Waals surface area contributed by atoms with Gasteiger partial charge in [-0.1, -0.05) is 0 Å². The van der Waals surface area contributed by atoms with Gasteiger partial charge in [-0.2, -0.15) is 0 Å². The van der Waals surface area contributed by atoms with Crippen molar-refractivity contribution in [3.63, 3.8) is 0 Å². The van der Waals surface area contributed by atoms with Gasteiger partial charge in [0.2, 0.25) is 0 Å². The predicted molar refractivity (Wildman–Crippen MR) is 73.6 cm³/mol. The van der Waals surface area contributed by atoms with Crippen LogP contribution in [-0.2, 0) is 9.53 Å². The highest BCUT2D eigenvalue weighted by atomic mass is 16.5. The molecule has 20 heavy (non-hydrogen) atoms. The fourth-order valence-electron chi connectivity index (χ4n) is 2.42. The van der Waals surface area contributed by atoms with E-state index in [0.717, 1.165) is 25.7 Å². The number of carbonyl (C=O) groups is 1. The van der Waals surface area contributed by atoms with Crippen molar-refractivity contribution < 1.29 is 19.0 Å². The molecule has 2 rings (SSSR count). The average Bonchev–Trinajstić information content (AvgIpc) is 2.49. The van der Waals surface area contributed by atoms with Crippen LogP contribution in [0.5, 0.6) is 11.6 Å². The van der Waals surface area contributed by atoms with E-state index in [1.54, 1.807) is 13.2 Å². The Hall–Kier alpha value is -1.98. The van der Waals surface area contributed by atoms with E-state index in [-0.39, 0.29) is 18.0 Å². The van der Waals surface area contributed by atoms with Gasteiger partial charge in [-0.15, -0.1) is 0 Å². The fraction of sp³-hybridized carbons (Fsp3) is 0.571. The molecule has 6 heteroatoms. The Morgan fingerprint density at radius 1 is 1.30 bits per heavy atom. The summed E-state index contributed by atoms with van der Waals surface area (Å²) in [4.78, 5) is 15.6. The number of methoxy groups -OCH3 is 2. The minimum Gasteiger partial charge on any atom is -0.491 e. The highest BCUT2D eigenvalue weighted by molar-refractivity contribution is 5.72. The van der Waals surface area contributed by atoms with Crippen molar-refractivity contribution >= 4 is 11.7 Å². The van der Waals surface area contributed by atoms with Gasteiger partial charge in [0.1, 0.15) is 6.10 Å². The van der Waals surface area contributed by atoms with Gasteiger partial charge in [0, 0.05) is 6.07 Å². The molecule has 6 nitrogen and oxygen atoms in total. The molecular weight excluding hydrogens is 260 g/mol. The number of rotatable bonds is 4. The molecule has 1 heterocycles. The maximum Gasteiger partial charge on any atom is 0.308 e. The molecule has 1 aromatic rings. The summed E-state index contributed by atoms with van der Waals surface area (Å²) in [5.74, 6) is 0.830. The van der Waals surface area contributed by atoms with Crippen molar-refractivity contribution in [2.45, 2.75) is 31.8 Å². The summed E-state index contributed by atoms with van der Waals surface area (Å²) in [6.07, 6.45) is 4.73. The van der Waals surface area contributed by atoms with E-state index in [0.29, 0.717) is 17.3 Å². The van der Waals surface area contributed by atoms with Crippen LogP contribution in [0, 0.1) is 5.92 Å². The zero-order chi connectivity index (χ0) is 14.5. The second-order valence-corrected chi connectivity index (χ2v) is 4.89. The molecule has 110 valence electrons. The minimum absolute atomic E-state index is 0.0128. The number of ether oxygens (including phenoxy) is 3. The number of esters is 1. The number of hydrogen-bond acceptors (Lipinski definition) is 6. The van der Waals surface area contributed by atoms with Crippen LogP contribution in [0.2, 0.25) is 0 Å². The van der Waals surface area contributed by atoms with Crippen LogP contribution in [0.25, 0.3) is 0 Å². The zero-order valence-electron chi connectivity index (χ0n) is 11.8. The first-order valence-electron chi connectivity index (χ1n) is 6.68. The summed E-state index contributed by atoms with van der Waals surface area (Å²) >= 11 is 0. The molecule has 1 fully saturated rings. The van der Waals surface area contributed by atoms with Gasteiger partial charge >= 0.3 is 5.97 Å². The van der Waals surface area contributed by atoms with Gasteiger partial charge < -0.3 is 19.9 Å². The molecule has 0 atom stereocenters. The molecule has 0 bridgehead atoms. The molecule has 1 aromatic heterocycles. The summed E-state index contributed by atoms with van der Waals surface area (Å²) < 4.78 is 15.8. The third kappa shape index (κ3) is 3.31. The van der Waals surface area contributed by atoms with Crippen LogP contribution in [-0.4, -0.2) is 31.3 Å². The van der Waals surface area contributed by atoms with Crippen molar-refractivity contribution in [2.24, 2.45) is 5.92 Å². The van der Waals surface area contributed by atoms with E-state index in [9.17, 15) is 4.79 Å². The van der Waals surface area contributed by atoms with E-state index in [2.05, 4.69) is 4.98 Å². The first kappa shape index (κ1) is 14.4. The minimum atomic E-state index is -0.133. The Morgan fingerprint density at radius 3 is 2.60 bits per heavy atom. The van der Waals surface area contributed by atoms with E-state index >= 15 is 0 Å². The lowest BCUT2D eigenvalue weighted by atomic mass is 9.87. The lowest BCUT2D eigenvalue weighted by Crippen LogP contribution is -2.28. The van der Waals surface area contributed by atoms with Crippen molar-refractivity contribution in [3.05, 3.63) is 12.3 Å². The molecule has 0 saturated heterocycles. The lowest BCUT2D eigenvalue weighted by molar-refractivity contribution is -0.147. The van der Waals surface area contributed by atoms with Crippen molar-refractivity contribution in [3.8, 4) is 11.6 Å². The monoisotopic (exact) mass is 280 g/mol. The van der Waals surface area contributed by atoms with Crippen LogP contribution in [0.1, 0.15) is 25.7 Å². The first-order chi connectivity index (χ1) is 9.63. The Balaban J connectivity index is 1.94. The summed E-state index contributed by atoms with van der Waals surface area (Å²) in [5, 5.41) is 0. The number of carbonyl (C=O) groups excluding carboxylic acids is 1. The molecule has 0 spiro atoms.